The lowest BCUT2D eigenvalue weighted by molar-refractivity contribution is 0.216. The predicted molar refractivity (Wildman–Crippen MR) is 65.3 cm³/mol. The van der Waals surface area contributed by atoms with Gasteiger partial charge in [0.05, 0.1) is 0 Å². The van der Waals surface area contributed by atoms with E-state index in [1.54, 1.807) is 0 Å². The molecule has 16 heavy (non-hydrogen) atoms. The van der Waals surface area contributed by atoms with Crippen LogP contribution in [-0.2, 0) is 0 Å². The summed E-state index contributed by atoms with van der Waals surface area (Å²) in [6, 6.07) is 10.5. The van der Waals surface area contributed by atoms with E-state index in [1.165, 1.54) is 5.56 Å². The molecule has 1 heterocycles. The fourth-order valence-electron chi connectivity index (χ4n) is 2.59. The van der Waals surface area contributed by atoms with Crippen LogP contribution in [0.3, 0.4) is 0 Å². The van der Waals surface area contributed by atoms with Crippen LogP contribution in [0.5, 0.6) is 0 Å². The predicted octanol–water partition coefficient (Wildman–Crippen LogP) is 0.653. The van der Waals surface area contributed by atoms with Crippen LogP contribution in [0.2, 0.25) is 0 Å². The van der Waals surface area contributed by atoms with E-state index in [9.17, 15) is 5.11 Å². The lowest BCUT2D eigenvalue weighted by Gasteiger charge is -2.16. The second-order valence-corrected chi connectivity index (χ2v) is 4.51. The molecular formula is C13H20N2O. The minimum absolute atomic E-state index is 0.265. The molecule has 0 radical (unpaired) electrons. The van der Waals surface area contributed by atoms with Crippen molar-refractivity contribution in [2.75, 3.05) is 32.8 Å². The van der Waals surface area contributed by atoms with E-state index < -0.39 is 0 Å². The molecule has 0 amide bonds. The number of nitrogens with two attached hydrogens (primary N) is 1. The highest BCUT2D eigenvalue weighted by Gasteiger charge is 2.32. The molecule has 1 aromatic rings. The Morgan fingerprint density at radius 1 is 1.25 bits per heavy atom. The maximum atomic E-state index is 9.43. The third kappa shape index (κ3) is 2.43. The van der Waals surface area contributed by atoms with Gasteiger partial charge in [0.25, 0.3) is 0 Å². The Morgan fingerprint density at radius 3 is 2.62 bits per heavy atom. The standard InChI is InChI=1S/C13H20N2O/c14-6-7-15-8-12(10-16)13(9-15)11-4-2-1-3-5-11/h1-5,12-13,16H,6-10,14H2/t12-,13+/m0/s1. The highest BCUT2D eigenvalue weighted by atomic mass is 16.3. The van der Waals surface area contributed by atoms with Crippen molar-refractivity contribution >= 4 is 0 Å². The van der Waals surface area contributed by atoms with Crippen LogP contribution in [0.4, 0.5) is 0 Å². The van der Waals surface area contributed by atoms with Gasteiger partial charge in [0.15, 0.2) is 0 Å². The van der Waals surface area contributed by atoms with Crippen molar-refractivity contribution in [3.05, 3.63) is 35.9 Å². The van der Waals surface area contributed by atoms with E-state index in [1.807, 2.05) is 6.07 Å². The largest absolute Gasteiger partial charge is 0.396 e. The van der Waals surface area contributed by atoms with Crippen LogP contribution >= 0.6 is 0 Å². The number of aliphatic hydroxyl groups excluding tert-OH is 1. The molecule has 3 heteroatoms. The average Bonchev–Trinajstić information content (AvgIpc) is 2.74. The minimum atomic E-state index is 0.265. The molecule has 1 fully saturated rings. The summed E-state index contributed by atoms with van der Waals surface area (Å²) in [5.41, 5.74) is 6.91. The number of benzene rings is 1. The molecule has 3 nitrogen and oxygen atoms in total. The summed E-state index contributed by atoms with van der Waals surface area (Å²) in [7, 11) is 0. The van der Waals surface area contributed by atoms with Crippen molar-refractivity contribution < 1.29 is 5.11 Å². The molecule has 0 aromatic heterocycles. The van der Waals surface area contributed by atoms with Crippen molar-refractivity contribution in [3.63, 3.8) is 0 Å². The fourth-order valence-corrected chi connectivity index (χ4v) is 2.59. The quantitative estimate of drug-likeness (QED) is 0.783. The second-order valence-electron chi connectivity index (χ2n) is 4.51. The summed E-state index contributed by atoms with van der Waals surface area (Å²) in [5, 5.41) is 9.43. The van der Waals surface area contributed by atoms with Crippen molar-refractivity contribution in [2.24, 2.45) is 11.7 Å². The van der Waals surface area contributed by atoms with Gasteiger partial charge in [-0.15, -0.1) is 0 Å². The molecule has 2 rings (SSSR count). The first kappa shape index (κ1) is 11.6. The number of hydrogen-bond donors (Lipinski definition) is 2. The Balaban J connectivity index is 2.09. The highest BCUT2D eigenvalue weighted by molar-refractivity contribution is 5.22. The number of aliphatic hydroxyl groups is 1. The van der Waals surface area contributed by atoms with Gasteiger partial charge in [0, 0.05) is 44.6 Å². The minimum Gasteiger partial charge on any atom is -0.396 e. The van der Waals surface area contributed by atoms with Gasteiger partial charge in [-0.25, -0.2) is 0 Å². The zero-order valence-corrected chi connectivity index (χ0v) is 9.55. The molecule has 1 aliphatic heterocycles. The molecule has 1 saturated heterocycles. The van der Waals surface area contributed by atoms with Crippen LogP contribution in [0.25, 0.3) is 0 Å². The summed E-state index contributed by atoms with van der Waals surface area (Å²) < 4.78 is 0. The van der Waals surface area contributed by atoms with Gasteiger partial charge >= 0.3 is 0 Å². The van der Waals surface area contributed by atoms with Gasteiger partial charge < -0.3 is 15.7 Å². The Labute approximate surface area is 96.9 Å². The molecule has 0 unspecified atom stereocenters. The van der Waals surface area contributed by atoms with E-state index in [0.717, 1.165) is 19.6 Å². The molecular weight excluding hydrogens is 200 g/mol. The lowest BCUT2D eigenvalue weighted by atomic mass is 9.90. The van der Waals surface area contributed by atoms with Crippen LogP contribution in [-0.4, -0.2) is 42.8 Å². The molecule has 0 aliphatic carbocycles. The number of nitrogens with zero attached hydrogens (tertiary/aromatic N) is 1. The van der Waals surface area contributed by atoms with E-state index in [0.29, 0.717) is 18.4 Å². The number of likely N-dealkylation sites (tertiary alicyclic amines) is 1. The first-order valence-electron chi connectivity index (χ1n) is 5.93. The topological polar surface area (TPSA) is 49.5 Å². The van der Waals surface area contributed by atoms with Gasteiger partial charge in [-0.05, 0) is 5.56 Å². The molecule has 1 aromatic carbocycles. The Kier molecular flexibility index (Phi) is 3.93. The normalized spacial score (nSPS) is 26.1. The van der Waals surface area contributed by atoms with Crippen LogP contribution in [0, 0.1) is 5.92 Å². The molecule has 0 bridgehead atoms. The summed E-state index contributed by atoms with van der Waals surface area (Å²) in [6.07, 6.45) is 0. The van der Waals surface area contributed by atoms with Gasteiger partial charge in [-0.3, -0.25) is 0 Å². The molecule has 88 valence electrons. The van der Waals surface area contributed by atoms with Gasteiger partial charge in [0.1, 0.15) is 0 Å². The highest BCUT2D eigenvalue weighted by Crippen LogP contribution is 2.31. The summed E-state index contributed by atoms with van der Waals surface area (Å²) in [5.74, 6) is 0.812. The van der Waals surface area contributed by atoms with Crippen LogP contribution in [0.1, 0.15) is 11.5 Å². The molecule has 2 atom stereocenters. The van der Waals surface area contributed by atoms with Crippen LogP contribution < -0.4 is 5.73 Å². The molecule has 0 saturated carbocycles. The van der Waals surface area contributed by atoms with Crippen molar-refractivity contribution in [1.29, 1.82) is 0 Å². The smallest absolute Gasteiger partial charge is 0.0477 e. The molecule has 3 N–H and O–H groups in total. The maximum absolute atomic E-state index is 9.43. The van der Waals surface area contributed by atoms with Gasteiger partial charge in [0.2, 0.25) is 0 Å². The first-order valence-corrected chi connectivity index (χ1v) is 5.93. The van der Waals surface area contributed by atoms with Crippen molar-refractivity contribution in [3.8, 4) is 0 Å². The van der Waals surface area contributed by atoms with Crippen LogP contribution in [0.15, 0.2) is 30.3 Å². The molecule has 1 aliphatic rings. The third-order valence-electron chi connectivity index (χ3n) is 3.42. The first-order chi connectivity index (χ1) is 7.85. The third-order valence-corrected chi connectivity index (χ3v) is 3.42. The second kappa shape index (κ2) is 5.43. The fraction of sp³-hybridized carbons (Fsp3) is 0.538. The zero-order valence-electron chi connectivity index (χ0n) is 9.55. The van der Waals surface area contributed by atoms with E-state index in [4.69, 9.17) is 5.73 Å². The maximum Gasteiger partial charge on any atom is 0.0477 e. The Hall–Kier alpha value is -0.900. The SMILES string of the molecule is NCCN1C[C@@H](CO)[C@@H](c2ccccc2)C1. The monoisotopic (exact) mass is 220 g/mol. The lowest BCUT2D eigenvalue weighted by Crippen LogP contribution is -2.27. The number of hydrogen-bond acceptors (Lipinski definition) is 3. The zero-order chi connectivity index (χ0) is 11.4. The Bertz CT molecular complexity index is 315. The van der Waals surface area contributed by atoms with Gasteiger partial charge in [-0.2, -0.15) is 0 Å². The summed E-state index contributed by atoms with van der Waals surface area (Å²) >= 11 is 0. The van der Waals surface area contributed by atoms with Crippen molar-refractivity contribution in [2.45, 2.75) is 5.92 Å². The van der Waals surface area contributed by atoms with E-state index >= 15 is 0 Å². The summed E-state index contributed by atoms with van der Waals surface area (Å²) in [6.45, 7) is 3.87. The van der Waals surface area contributed by atoms with Crippen molar-refractivity contribution in [1.82, 2.24) is 4.90 Å². The van der Waals surface area contributed by atoms with E-state index in [-0.39, 0.29) is 6.61 Å². The van der Waals surface area contributed by atoms with E-state index in [2.05, 4.69) is 29.2 Å². The Morgan fingerprint density at radius 2 is 2.00 bits per heavy atom. The summed E-state index contributed by atoms with van der Waals surface area (Å²) in [4.78, 5) is 2.35. The average molecular weight is 220 g/mol. The van der Waals surface area contributed by atoms with Gasteiger partial charge in [-0.1, -0.05) is 30.3 Å². The molecule has 0 spiro atoms. The number of rotatable bonds is 4.